The first-order chi connectivity index (χ1) is 6.41. The standard InChI is InChI=1S/C10H11Cl3O/c1-7(2)14-9-6-4-3-5-8(9)10(11,12)13/h3-7H,1-2H3. The van der Waals surface area contributed by atoms with Gasteiger partial charge in [-0.05, 0) is 19.9 Å². The van der Waals surface area contributed by atoms with Crippen LogP contribution in [0.2, 0.25) is 0 Å². The maximum absolute atomic E-state index is 5.80. The van der Waals surface area contributed by atoms with E-state index in [1.54, 1.807) is 12.1 Å². The molecule has 0 amide bonds. The Hall–Kier alpha value is -0.110. The second-order valence-electron chi connectivity index (χ2n) is 3.16. The molecule has 0 spiro atoms. The van der Waals surface area contributed by atoms with Gasteiger partial charge in [-0.2, -0.15) is 0 Å². The van der Waals surface area contributed by atoms with Gasteiger partial charge in [0, 0.05) is 5.56 Å². The Morgan fingerprint density at radius 1 is 1.14 bits per heavy atom. The van der Waals surface area contributed by atoms with Gasteiger partial charge in [0.25, 0.3) is 0 Å². The molecule has 1 nitrogen and oxygen atoms in total. The Labute approximate surface area is 98.9 Å². The summed E-state index contributed by atoms with van der Waals surface area (Å²) < 4.78 is 4.08. The van der Waals surface area contributed by atoms with Crippen LogP contribution in [-0.2, 0) is 3.79 Å². The lowest BCUT2D eigenvalue weighted by Gasteiger charge is -2.18. The second-order valence-corrected chi connectivity index (χ2v) is 5.44. The summed E-state index contributed by atoms with van der Waals surface area (Å²) in [6.45, 7) is 3.85. The van der Waals surface area contributed by atoms with Gasteiger partial charge in [0.05, 0.1) is 6.10 Å². The first-order valence-electron chi connectivity index (χ1n) is 4.24. The number of para-hydroxylation sites is 1. The summed E-state index contributed by atoms with van der Waals surface area (Å²) in [5.74, 6) is 0.613. The molecule has 14 heavy (non-hydrogen) atoms. The van der Waals surface area contributed by atoms with Crippen molar-refractivity contribution in [3.05, 3.63) is 29.8 Å². The molecule has 1 aromatic carbocycles. The van der Waals surface area contributed by atoms with Crippen LogP contribution >= 0.6 is 34.8 Å². The Kier molecular flexibility index (Phi) is 3.94. The molecule has 0 atom stereocenters. The molecule has 0 aliphatic carbocycles. The molecular formula is C10H11Cl3O. The molecule has 0 unspecified atom stereocenters. The molecule has 1 rings (SSSR count). The van der Waals surface area contributed by atoms with E-state index in [0.29, 0.717) is 11.3 Å². The van der Waals surface area contributed by atoms with Crippen LogP contribution in [0.15, 0.2) is 24.3 Å². The Balaban J connectivity index is 3.04. The highest BCUT2D eigenvalue weighted by Crippen LogP contribution is 2.42. The highest BCUT2D eigenvalue weighted by atomic mass is 35.6. The van der Waals surface area contributed by atoms with Crippen molar-refractivity contribution in [2.75, 3.05) is 0 Å². The maximum atomic E-state index is 5.80. The van der Waals surface area contributed by atoms with Crippen LogP contribution in [0, 0.1) is 0 Å². The normalized spacial score (nSPS) is 11.9. The summed E-state index contributed by atoms with van der Waals surface area (Å²) in [6.07, 6.45) is 0.0588. The molecule has 0 radical (unpaired) electrons. The van der Waals surface area contributed by atoms with Crippen molar-refractivity contribution < 1.29 is 4.74 Å². The van der Waals surface area contributed by atoms with Crippen molar-refractivity contribution in [1.29, 1.82) is 0 Å². The molecule has 78 valence electrons. The molecular weight excluding hydrogens is 242 g/mol. The lowest BCUT2D eigenvalue weighted by Crippen LogP contribution is -2.10. The predicted octanol–water partition coefficient (Wildman–Crippen LogP) is 4.30. The topological polar surface area (TPSA) is 9.23 Å². The Morgan fingerprint density at radius 2 is 1.71 bits per heavy atom. The van der Waals surface area contributed by atoms with E-state index >= 15 is 0 Å². The Bertz CT molecular complexity index is 304. The van der Waals surface area contributed by atoms with E-state index in [2.05, 4.69) is 0 Å². The summed E-state index contributed by atoms with van der Waals surface area (Å²) in [4.78, 5) is 0. The van der Waals surface area contributed by atoms with Crippen LogP contribution < -0.4 is 4.74 Å². The van der Waals surface area contributed by atoms with Crippen LogP contribution in [0.4, 0.5) is 0 Å². The third-order valence-corrected chi connectivity index (χ3v) is 2.17. The molecule has 0 aliphatic heterocycles. The number of halogens is 3. The van der Waals surface area contributed by atoms with E-state index < -0.39 is 3.79 Å². The van der Waals surface area contributed by atoms with E-state index in [9.17, 15) is 0 Å². The molecule has 4 heteroatoms. The van der Waals surface area contributed by atoms with Crippen molar-refractivity contribution in [3.8, 4) is 5.75 Å². The van der Waals surface area contributed by atoms with E-state index in [4.69, 9.17) is 39.5 Å². The monoisotopic (exact) mass is 252 g/mol. The molecule has 0 heterocycles. The highest BCUT2D eigenvalue weighted by Gasteiger charge is 2.26. The zero-order valence-electron chi connectivity index (χ0n) is 7.93. The minimum absolute atomic E-state index is 0.0588. The SMILES string of the molecule is CC(C)Oc1ccccc1C(Cl)(Cl)Cl. The minimum Gasteiger partial charge on any atom is -0.491 e. The van der Waals surface area contributed by atoms with Crippen LogP contribution in [0.5, 0.6) is 5.75 Å². The Morgan fingerprint density at radius 3 is 2.21 bits per heavy atom. The van der Waals surface area contributed by atoms with Crippen molar-refractivity contribution in [1.82, 2.24) is 0 Å². The summed E-state index contributed by atoms with van der Waals surface area (Å²) in [5, 5.41) is 0. The van der Waals surface area contributed by atoms with Crippen molar-refractivity contribution in [2.24, 2.45) is 0 Å². The van der Waals surface area contributed by atoms with E-state index in [0.717, 1.165) is 0 Å². The van der Waals surface area contributed by atoms with E-state index in [-0.39, 0.29) is 6.10 Å². The van der Waals surface area contributed by atoms with E-state index in [1.165, 1.54) is 0 Å². The smallest absolute Gasteiger partial charge is 0.219 e. The van der Waals surface area contributed by atoms with Gasteiger partial charge in [-0.1, -0.05) is 53.0 Å². The lowest BCUT2D eigenvalue weighted by molar-refractivity contribution is 0.240. The third kappa shape index (κ3) is 3.23. The van der Waals surface area contributed by atoms with Gasteiger partial charge in [-0.25, -0.2) is 0 Å². The molecule has 1 aromatic rings. The maximum Gasteiger partial charge on any atom is 0.219 e. The molecule has 0 fully saturated rings. The summed E-state index contributed by atoms with van der Waals surface area (Å²) >= 11 is 17.4. The van der Waals surface area contributed by atoms with Crippen molar-refractivity contribution >= 4 is 34.8 Å². The first-order valence-corrected chi connectivity index (χ1v) is 5.37. The van der Waals surface area contributed by atoms with E-state index in [1.807, 2.05) is 26.0 Å². The highest BCUT2D eigenvalue weighted by molar-refractivity contribution is 6.66. The molecule has 0 N–H and O–H groups in total. The molecule has 0 saturated heterocycles. The molecule has 0 bridgehead atoms. The fraction of sp³-hybridized carbons (Fsp3) is 0.400. The van der Waals surface area contributed by atoms with Crippen molar-refractivity contribution in [2.45, 2.75) is 23.7 Å². The van der Waals surface area contributed by atoms with Gasteiger partial charge in [0.2, 0.25) is 3.79 Å². The van der Waals surface area contributed by atoms with Crippen LogP contribution in [-0.4, -0.2) is 6.10 Å². The van der Waals surface area contributed by atoms with Gasteiger partial charge in [0.1, 0.15) is 5.75 Å². The third-order valence-electron chi connectivity index (χ3n) is 1.56. The average Bonchev–Trinajstić information content (AvgIpc) is 2.01. The fourth-order valence-corrected chi connectivity index (χ4v) is 1.53. The van der Waals surface area contributed by atoms with Gasteiger partial charge >= 0.3 is 0 Å². The lowest BCUT2D eigenvalue weighted by atomic mass is 10.2. The van der Waals surface area contributed by atoms with Gasteiger partial charge < -0.3 is 4.74 Å². The van der Waals surface area contributed by atoms with Gasteiger partial charge in [0.15, 0.2) is 0 Å². The van der Waals surface area contributed by atoms with Crippen LogP contribution in [0.3, 0.4) is 0 Å². The largest absolute Gasteiger partial charge is 0.491 e. The molecule has 0 aromatic heterocycles. The number of benzene rings is 1. The number of hydrogen-bond donors (Lipinski definition) is 0. The quantitative estimate of drug-likeness (QED) is 0.714. The summed E-state index contributed by atoms with van der Waals surface area (Å²) in [7, 11) is 0. The predicted molar refractivity (Wildman–Crippen MR) is 61.4 cm³/mol. The zero-order valence-corrected chi connectivity index (χ0v) is 10.2. The number of hydrogen-bond acceptors (Lipinski definition) is 1. The fourth-order valence-electron chi connectivity index (χ4n) is 1.06. The van der Waals surface area contributed by atoms with Crippen LogP contribution in [0.25, 0.3) is 0 Å². The van der Waals surface area contributed by atoms with Crippen molar-refractivity contribution in [3.63, 3.8) is 0 Å². The molecule has 0 saturated carbocycles. The number of rotatable bonds is 2. The van der Waals surface area contributed by atoms with Gasteiger partial charge in [-0.3, -0.25) is 0 Å². The number of ether oxygens (including phenoxy) is 1. The summed E-state index contributed by atoms with van der Waals surface area (Å²) in [6, 6.07) is 7.18. The minimum atomic E-state index is -1.44. The number of alkyl halides is 3. The first kappa shape index (κ1) is 12.0. The second kappa shape index (κ2) is 4.61. The van der Waals surface area contributed by atoms with Crippen LogP contribution in [0.1, 0.15) is 19.4 Å². The molecule has 0 aliphatic rings. The average molecular weight is 254 g/mol. The van der Waals surface area contributed by atoms with Gasteiger partial charge in [-0.15, -0.1) is 0 Å². The summed E-state index contributed by atoms with van der Waals surface area (Å²) in [5.41, 5.74) is 0.568. The zero-order chi connectivity index (χ0) is 10.8.